The fraction of sp³-hybridized carbons (Fsp3) is 0.455. The maximum Gasteiger partial charge on any atom is 0.271 e. The zero-order valence-electron chi connectivity index (χ0n) is 9.01. The Labute approximate surface area is 103 Å². The lowest BCUT2D eigenvalue weighted by molar-refractivity contribution is -0.384. The normalized spacial score (nSPS) is 23.6. The van der Waals surface area contributed by atoms with Gasteiger partial charge in [0, 0.05) is 12.1 Å². The first-order valence-corrected chi connectivity index (χ1v) is 5.74. The predicted octanol–water partition coefficient (Wildman–Crippen LogP) is 2.54. The van der Waals surface area contributed by atoms with E-state index in [9.17, 15) is 15.2 Å². The van der Waals surface area contributed by atoms with E-state index in [0.717, 1.165) is 19.3 Å². The highest BCUT2D eigenvalue weighted by atomic mass is 35.5. The van der Waals surface area contributed by atoms with Crippen LogP contribution in [0, 0.1) is 10.1 Å². The van der Waals surface area contributed by atoms with Gasteiger partial charge in [0.2, 0.25) is 0 Å². The number of hydrogen-bond acceptors (Lipinski definition) is 4. The van der Waals surface area contributed by atoms with Crippen molar-refractivity contribution in [1.29, 1.82) is 0 Å². The number of aliphatic hydroxyl groups excluding tert-OH is 1. The van der Waals surface area contributed by atoms with Crippen LogP contribution in [0.15, 0.2) is 18.2 Å². The van der Waals surface area contributed by atoms with Crippen molar-refractivity contribution in [3.05, 3.63) is 33.3 Å². The number of nitro benzene ring substituents is 1. The van der Waals surface area contributed by atoms with Crippen LogP contribution in [0.5, 0.6) is 5.75 Å². The Kier molecular flexibility index (Phi) is 3.49. The minimum absolute atomic E-state index is 0.0747. The smallest absolute Gasteiger partial charge is 0.271 e. The lowest BCUT2D eigenvalue weighted by Gasteiger charge is -2.17. The third-order valence-corrected chi connectivity index (χ3v) is 3.12. The van der Waals surface area contributed by atoms with Gasteiger partial charge in [-0.25, -0.2) is 0 Å². The Balaban J connectivity index is 2.14. The fourth-order valence-corrected chi connectivity index (χ4v) is 2.13. The molecule has 0 unspecified atom stereocenters. The number of aliphatic hydroxyl groups is 1. The molecule has 1 N–H and O–H groups in total. The molecule has 1 fully saturated rings. The van der Waals surface area contributed by atoms with Gasteiger partial charge in [-0.3, -0.25) is 10.1 Å². The summed E-state index contributed by atoms with van der Waals surface area (Å²) in [6.45, 7) is 0. The summed E-state index contributed by atoms with van der Waals surface area (Å²) in [6, 6.07) is 4.05. The van der Waals surface area contributed by atoms with Gasteiger partial charge in [-0.1, -0.05) is 11.6 Å². The van der Waals surface area contributed by atoms with Gasteiger partial charge in [-0.15, -0.1) is 0 Å². The van der Waals surface area contributed by atoms with Gasteiger partial charge in [-0.05, 0) is 25.3 Å². The number of benzene rings is 1. The summed E-state index contributed by atoms with van der Waals surface area (Å²) in [5.41, 5.74) is -0.0747. The Morgan fingerprint density at radius 1 is 1.47 bits per heavy atom. The minimum Gasteiger partial charge on any atom is -0.486 e. The van der Waals surface area contributed by atoms with Crippen molar-refractivity contribution in [2.75, 3.05) is 0 Å². The lowest BCUT2D eigenvalue weighted by atomic mass is 10.2. The van der Waals surface area contributed by atoms with E-state index in [1.807, 2.05) is 0 Å². The molecule has 2 atom stereocenters. The summed E-state index contributed by atoms with van der Waals surface area (Å²) in [7, 11) is 0. The zero-order chi connectivity index (χ0) is 12.4. The Morgan fingerprint density at radius 3 is 2.76 bits per heavy atom. The van der Waals surface area contributed by atoms with Crippen molar-refractivity contribution in [3.63, 3.8) is 0 Å². The molecule has 0 amide bonds. The van der Waals surface area contributed by atoms with Crippen LogP contribution >= 0.6 is 11.6 Å². The van der Waals surface area contributed by atoms with Gasteiger partial charge in [0.25, 0.3) is 5.69 Å². The van der Waals surface area contributed by atoms with E-state index in [1.54, 1.807) is 0 Å². The Hall–Kier alpha value is -1.33. The number of halogens is 1. The summed E-state index contributed by atoms with van der Waals surface area (Å²) in [5.74, 6) is 0.378. The predicted molar refractivity (Wildman–Crippen MR) is 62.4 cm³/mol. The number of non-ortho nitro benzene ring substituents is 1. The molecule has 17 heavy (non-hydrogen) atoms. The standard InChI is InChI=1S/C11H12ClNO4/c12-8-6-7(13(15)16)4-5-10(8)17-11-3-1-2-9(11)14/h4-6,9,11,14H,1-3H2/t9-,11-/m1/s1. The van der Waals surface area contributed by atoms with E-state index in [-0.39, 0.29) is 16.8 Å². The van der Waals surface area contributed by atoms with Crippen LogP contribution in [0.25, 0.3) is 0 Å². The molecule has 0 bridgehead atoms. The molecule has 1 aliphatic carbocycles. The Morgan fingerprint density at radius 2 is 2.24 bits per heavy atom. The molecule has 1 saturated carbocycles. The van der Waals surface area contributed by atoms with Crippen LogP contribution in [-0.4, -0.2) is 22.2 Å². The number of nitrogens with zero attached hydrogens (tertiary/aromatic N) is 1. The molecule has 5 nitrogen and oxygen atoms in total. The summed E-state index contributed by atoms with van der Waals surface area (Å²) in [5, 5.41) is 20.3. The summed E-state index contributed by atoms with van der Waals surface area (Å²) < 4.78 is 5.55. The van der Waals surface area contributed by atoms with Crippen molar-refractivity contribution >= 4 is 17.3 Å². The molecule has 0 radical (unpaired) electrons. The van der Waals surface area contributed by atoms with E-state index in [2.05, 4.69) is 0 Å². The van der Waals surface area contributed by atoms with Crippen molar-refractivity contribution in [2.24, 2.45) is 0 Å². The van der Waals surface area contributed by atoms with Gasteiger partial charge in [0.15, 0.2) is 0 Å². The number of rotatable bonds is 3. The van der Waals surface area contributed by atoms with Crippen molar-refractivity contribution < 1.29 is 14.8 Å². The highest BCUT2D eigenvalue weighted by molar-refractivity contribution is 6.32. The SMILES string of the molecule is O=[N+]([O-])c1ccc(O[C@@H]2CCC[C@H]2O)c(Cl)c1. The monoisotopic (exact) mass is 257 g/mol. The van der Waals surface area contributed by atoms with Gasteiger partial charge in [0.1, 0.15) is 11.9 Å². The first-order valence-electron chi connectivity index (χ1n) is 5.36. The molecule has 1 aromatic rings. The van der Waals surface area contributed by atoms with E-state index in [4.69, 9.17) is 16.3 Å². The van der Waals surface area contributed by atoms with E-state index in [1.165, 1.54) is 18.2 Å². The van der Waals surface area contributed by atoms with E-state index >= 15 is 0 Å². The molecule has 0 saturated heterocycles. The molecule has 1 aliphatic rings. The average Bonchev–Trinajstić information content (AvgIpc) is 2.67. The summed E-state index contributed by atoms with van der Waals surface area (Å²) in [6.07, 6.45) is 1.65. The second-order valence-electron chi connectivity index (χ2n) is 4.03. The molecular formula is C11H12ClNO4. The highest BCUT2D eigenvalue weighted by Crippen LogP contribution is 2.32. The quantitative estimate of drug-likeness (QED) is 0.667. The first kappa shape index (κ1) is 12.1. The highest BCUT2D eigenvalue weighted by Gasteiger charge is 2.27. The van der Waals surface area contributed by atoms with Gasteiger partial charge >= 0.3 is 0 Å². The van der Waals surface area contributed by atoms with Gasteiger partial charge < -0.3 is 9.84 Å². The maximum absolute atomic E-state index is 10.5. The van der Waals surface area contributed by atoms with Gasteiger partial charge in [0.05, 0.1) is 16.0 Å². The van der Waals surface area contributed by atoms with Crippen LogP contribution < -0.4 is 4.74 Å². The largest absolute Gasteiger partial charge is 0.486 e. The number of ether oxygens (including phenoxy) is 1. The van der Waals surface area contributed by atoms with Crippen LogP contribution in [0.3, 0.4) is 0 Å². The van der Waals surface area contributed by atoms with Crippen molar-refractivity contribution in [2.45, 2.75) is 31.5 Å². The molecule has 6 heteroatoms. The first-order chi connectivity index (χ1) is 8.08. The van der Waals surface area contributed by atoms with Gasteiger partial charge in [-0.2, -0.15) is 0 Å². The zero-order valence-corrected chi connectivity index (χ0v) is 9.76. The molecule has 92 valence electrons. The van der Waals surface area contributed by atoms with Crippen LogP contribution in [0.2, 0.25) is 5.02 Å². The lowest BCUT2D eigenvalue weighted by Crippen LogP contribution is -2.25. The molecule has 2 rings (SSSR count). The Bertz CT molecular complexity index is 437. The molecular weight excluding hydrogens is 246 g/mol. The second kappa shape index (κ2) is 4.89. The summed E-state index contributed by atoms with van der Waals surface area (Å²) in [4.78, 5) is 10.0. The average molecular weight is 258 g/mol. The second-order valence-corrected chi connectivity index (χ2v) is 4.43. The molecule has 1 aromatic carbocycles. The number of hydrogen-bond donors (Lipinski definition) is 1. The molecule has 0 aromatic heterocycles. The molecule has 0 aliphatic heterocycles. The third-order valence-electron chi connectivity index (χ3n) is 2.82. The third kappa shape index (κ3) is 2.68. The molecule has 0 spiro atoms. The molecule has 0 heterocycles. The van der Waals surface area contributed by atoms with Crippen LogP contribution in [-0.2, 0) is 0 Å². The van der Waals surface area contributed by atoms with E-state index in [0.29, 0.717) is 5.75 Å². The van der Waals surface area contributed by atoms with Crippen molar-refractivity contribution in [1.82, 2.24) is 0 Å². The van der Waals surface area contributed by atoms with Crippen LogP contribution in [0.1, 0.15) is 19.3 Å². The number of nitro groups is 1. The topological polar surface area (TPSA) is 72.6 Å². The fourth-order valence-electron chi connectivity index (χ4n) is 1.91. The maximum atomic E-state index is 10.5. The van der Waals surface area contributed by atoms with Crippen LogP contribution in [0.4, 0.5) is 5.69 Å². The van der Waals surface area contributed by atoms with Crippen molar-refractivity contribution in [3.8, 4) is 5.75 Å². The summed E-state index contributed by atoms with van der Waals surface area (Å²) >= 11 is 5.89. The minimum atomic E-state index is -0.514. The van der Waals surface area contributed by atoms with E-state index < -0.39 is 11.0 Å².